The fourth-order valence-electron chi connectivity index (χ4n) is 8.05. The summed E-state index contributed by atoms with van der Waals surface area (Å²) in [5.41, 5.74) is 12.8. The maximum absolute atomic E-state index is 5.19. The van der Waals surface area contributed by atoms with Crippen LogP contribution in [-0.4, -0.2) is 29.1 Å². The predicted octanol–water partition coefficient (Wildman–Crippen LogP) is 12.1. The summed E-state index contributed by atoms with van der Waals surface area (Å²) < 4.78 is 4.34. The van der Waals surface area contributed by atoms with Crippen molar-refractivity contribution < 1.29 is 0 Å². The van der Waals surface area contributed by atoms with E-state index in [0.29, 0.717) is 11.9 Å². The molecule has 7 aromatic carbocycles. The summed E-state index contributed by atoms with van der Waals surface area (Å²) in [6.45, 7) is 0. The summed E-state index contributed by atoms with van der Waals surface area (Å²) in [6, 6.07) is 63.8. The number of benzene rings is 7. The van der Waals surface area contributed by atoms with Crippen molar-refractivity contribution in [2.45, 2.75) is 0 Å². The lowest BCUT2D eigenvalue weighted by Gasteiger charge is -2.12. The predicted molar refractivity (Wildman–Crippen MR) is 228 cm³/mol. The van der Waals surface area contributed by atoms with Gasteiger partial charge in [-0.2, -0.15) is 0 Å². The van der Waals surface area contributed by atoms with Gasteiger partial charge < -0.3 is 0 Å². The van der Waals surface area contributed by atoms with Crippen LogP contribution in [0.15, 0.2) is 194 Å². The van der Waals surface area contributed by atoms with Crippen LogP contribution in [0.3, 0.4) is 0 Å². The molecule has 0 amide bonds. The highest BCUT2D eigenvalue weighted by molar-refractivity contribution is 6.11. The third-order valence-electron chi connectivity index (χ3n) is 10.7. The van der Waals surface area contributed by atoms with Gasteiger partial charge >= 0.3 is 0 Å². The molecule has 0 fully saturated rings. The van der Waals surface area contributed by atoms with Gasteiger partial charge in [-0.1, -0.05) is 133 Å². The average Bonchev–Trinajstić information content (AvgIpc) is 3.79. The molecular weight excluding hydrogens is 685 g/mol. The number of fused-ring (bicyclic) bond motifs is 6. The number of para-hydroxylation sites is 2. The normalized spacial score (nSPS) is 11.6. The van der Waals surface area contributed by atoms with E-state index < -0.39 is 0 Å². The molecule has 0 aliphatic rings. The van der Waals surface area contributed by atoms with Crippen LogP contribution in [0.25, 0.3) is 100 Å². The molecule has 6 nitrogen and oxygen atoms in total. The number of hydrogen-bond acceptors (Lipinski definition) is 4. The third kappa shape index (κ3) is 5.27. The standard InChI is InChI=1S/C50H32N6/c1-3-12-35(13-4-1)43-32-44(36-14-5-2-6-15-36)54-50(53-43)56-46-19-10-8-17-40(46)42-31-38(25-27-48(42)56)34-22-20-33(21-23-34)37-24-26-47-41(30-37)39-16-7-9-18-45(39)55(47)49-51-28-11-29-52-49/h1-32H. The van der Waals surface area contributed by atoms with Crippen LogP contribution in [-0.2, 0) is 0 Å². The van der Waals surface area contributed by atoms with E-state index in [1.807, 2.05) is 42.5 Å². The van der Waals surface area contributed by atoms with E-state index in [1.54, 1.807) is 12.4 Å². The second kappa shape index (κ2) is 13.0. The maximum Gasteiger partial charge on any atom is 0.235 e. The molecule has 0 aliphatic heterocycles. The van der Waals surface area contributed by atoms with Crippen LogP contribution in [0.1, 0.15) is 0 Å². The third-order valence-corrected chi connectivity index (χ3v) is 10.7. The largest absolute Gasteiger partial charge is 0.278 e. The van der Waals surface area contributed by atoms with Gasteiger partial charge in [0.2, 0.25) is 11.9 Å². The molecule has 262 valence electrons. The molecule has 0 bridgehead atoms. The zero-order valence-electron chi connectivity index (χ0n) is 30.2. The van der Waals surface area contributed by atoms with Crippen LogP contribution >= 0.6 is 0 Å². The van der Waals surface area contributed by atoms with Crippen LogP contribution < -0.4 is 0 Å². The molecule has 0 unspecified atom stereocenters. The number of rotatable bonds is 6. The molecule has 11 aromatic rings. The van der Waals surface area contributed by atoms with E-state index in [-0.39, 0.29) is 0 Å². The first-order valence-electron chi connectivity index (χ1n) is 18.7. The average molecular weight is 717 g/mol. The van der Waals surface area contributed by atoms with Crippen molar-refractivity contribution in [3.05, 3.63) is 194 Å². The van der Waals surface area contributed by atoms with Crippen LogP contribution in [0.5, 0.6) is 0 Å². The molecule has 4 heterocycles. The monoisotopic (exact) mass is 716 g/mol. The summed E-state index contributed by atoms with van der Waals surface area (Å²) in [7, 11) is 0. The molecule has 0 aliphatic carbocycles. The number of nitrogens with zero attached hydrogens (tertiary/aromatic N) is 6. The Hall–Kier alpha value is -7.70. The first-order chi connectivity index (χ1) is 27.8. The van der Waals surface area contributed by atoms with Gasteiger partial charge in [0.15, 0.2) is 0 Å². The Morgan fingerprint density at radius 1 is 0.286 bits per heavy atom. The fraction of sp³-hybridized carbons (Fsp3) is 0. The zero-order chi connectivity index (χ0) is 37.0. The molecule has 11 rings (SSSR count). The van der Waals surface area contributed by atoms with E-state index in [1.165, 1.54) is 10.8 Å². The van der Waals surface area contributed by atoms with Crippen molar-refractivity contribution in [1.82, 2.24) is 29.1 Å². The summed E-state index contributed by atoms with van der Waals surface area (Å²) in [6.07, 6.45) is 3.57. The summed E-state index contributed by atoms with van der Waals surface area (Å²) in [4.78, 5) is 19.5. The van der Waals surface area contributed by atoms with E-state index >= 15 is 0 Å². The molecule has 0 spiro atoms. The van der Waals surface area contributed by atoms with E-state index in [2.05, 4.69) is 159 Å². The molecule has 0 radical (unpaired) electrons. The molecule has 0 N–H and O–H groups in total. The second-order valence-corrected chi connectivity index (χ2v) is 14.0. The molecule has 0 saturated heterocycles. The molecule has 56 heavy (non-hydrogen) atoms. The minimum Gasteiger partial charge on any atom is -0.278 e. The zero-order valence-corrected chi connectivity index (χ0v) is 30.2. The molecule has 0 saturated carbocycles. The minimum absolute atomic E-state index is 0.643. The Balaban J connectivity index is 1.000. The molecule has 4 aromatic heterocycles. The van der Waals surface area contributed by atoms with Crippen LogP contribution in [0.2, 0.25) is 0 Å². The first kappa shape index (κ1) is 31.8. The van der Waals surface area contributed by atoms with Crippen LogP contribution in [0, 0.1) is 0 Å². The van der Waals surface area contributed by atoms with Gasteiger partial charge in [0.25, 0.3) is 0 Å². The summed E-state index contributed by atoms with van der Waals surface area (Å²) in [5, 5.41) is 4.66. The quantitative estimate of drug-likeness (QED) is 0.172. The number of aromatic nitrogens is 6. The van der Waals surface area contributed by atoms with Gasteiger partial charge in [-0.05, 0) is 70.8 Å². The lowest BCUT2D eigenvalue weighted by molar-refractivity contribution is 0.988. The highest BCUT2D eigenvalue weighted by Gasteiger charge is 2.18. The Bertz CT molecular complexity index is 3160. The second-order valence-electron chi connectivity index (χ2n) is 14.0. The van der Waals surface area contributed by atoms with Gasteiger partial charge in [-0.25, -0.2) is 19.9 Å². The lowest BCUT2D eigenvalue weighted by atomic mass is 9.98. The van der Waals surface area contributed by atoms with Crippen molar-refractivity contribution >= 4 is 43.6 Å². The minimum atomic E-state index is 0.643. The summed E-state index contributed by atoms with van der Waals surface area (Å²) >= 11 is 0. The van der Waals surface area contributed by atoms with Gasteiger partial charge in [-0.15, -0.1) is 0 Å². The number of hydrogen-bond donors (Lipinski definition) is 0. The van der Waals surface area contributed by atoms with Gasteiger partial charge in [0.1, 0.15) is 0 Å². The lowest BCUT2D eigenvalue weighted by Crippen LogP contribution is -2.03. The molecule has 0 atom stereocenters. The maximum atomic E-state index is 5.19. The SMILES string of the molecule is c1ccc(-c2cc(-c3ccccc3)nc(-n3c4ccccc4c4cc(-c5ccc(-c6ccc7c(c6)c6ccccc6n7-c6ncccn6)cc5)ccc43)n2)cc1. The Morgan fingerprint density at radius 2 is 0.696 bits per heavy atom. The molecular formula is C50H32N6. The van der Waals surface area contributed by atoms with Crippen LogP contribution in [0.4, 0.5) is 0 Å². The van der Waals surface area contributed by atoms with Crippen molar-refractivity contribution in [2.24, 2.45) is 0 Å². The molecule has 6 heteroatoms. The fourth-order valence-corrected chi connectivity index (χ4v) is 8.05. The van der Waals surface area contributed by atoms with E-state index in [9.17, 15) is 0 Å². The summed E-state index contributed by atoms with van der Waals surface area (Å²) in [5.74, 6) is 1.31. The Morgan fingerprint density at radius 3 is 1.20 bits per heavy atom. The first-order valence-corrected chi connectivity index (χ1v) is 18.7. The highest BCUT2D eigenvalue weighted by Crippen LogP contribution is 2.37. The highest BCUT2D eigenvalue weighted by atomic mass is 15.2. The van der Waals surface area contributed by atoms with Gasteiger partial charge in [0, 0.05) is 45.1 Å². The Kier molecular flexibility index (Phi) is 7.38. The van der Waals surface area contributed by atoms with Crippen molar-refractivity contribution in [1.29, 1.82) is 0 Å². The topological polar surface area (TPSA) is 61.4 Å². The smallest absolute Gasteiger partial charge is 0.235 e. The Labute approximate surface area is 322 Å². The van der Waals surface area contributed by atoms with E-state index in [0.717, 1.165) is 77.6 Å². The van der Waals surface area contributed by atoms with Crippen molar-refractivity contribution in [3.8, 4) is 56.7 Å². The van der Waals surface area contributed by atoms with E-state index in [4.69, 9.17) is 9.97 Å². The van der Waals surface area contributed by atoms with Gasteiger partial charge in [-0.3, -0.25) is 9.13 Å². The van der Waals surface area contributed by atoms with Crippen molar-refractivity contribution in [2.75, 3.05) is 0 Å². The van der Waals surface area contributed by atoms with Gasteiger partial charge in [0.05, 0.1) is 33.5 Å². The van der Waals surface area contributed by atoms with Crippen molar-refractivity contribution in [3.63, 3.8) is 0 Å².